The number of nitrogens with zero attached hydrogens (tertiary/aromatic N) is 2. The van der Waals surface area contributed by atoms with E-state index < -0.39 is 0 Å². The Hall–Kier alpha value is -1.58. The number of esters is 1. The monoisotopic (exact) mass is 194 g/mol. The Morgan fingerprint density at radius 2 is 2.36 bits per heavy atom. The lowest BCUT2D eigenvalue weighted by molar-refractivity contribution is -0.138. The highest BCUT2D eigenvalue weighted by atomic mass is 16.5. The summed E-state index contributed by atoms with van der Waals surface area (Å²) >= 11 is 0. The van der Waals surface area contributed by atoms with Crippen molar-refractivity contribution in [3.8, 4) is 0 Å². The number of rotatable bonds is 3. The summed E-state index contributed by atoms with van der Waals surface area (Å²) in [6, 6.07) is 3.78. The van der Waals surface area contributed by atoms with Crippen molar-refractivity contribution in [3.05, 3.63) is 24.0 Å². The molecule has 1 aromatic rings. The number of aromatic nitrogens is 1. The zero-order valence-electron chi connectivity index (χ0n) is 8.65. The minimum Gasteiger partial charge on any atom is -0.468 e. The Morgan fingerprint density at radius 1 is 1.64 bits per heavy atom. The van der Waals surface area contributed by atoms with Gasteiger partial charge in [-0.25, -0.2) is 0 Å². The van der Waals surface area contributed by atoms with Crippen molar-refractivity contribution in [1.82, 2.24) is 4.98 Å². The van der Waals surface area contributed by atoms with Crippen molar-refractivity contribution in [2.45, 2.75) is 6.92 Å². The predicted molar refractivity (Wildman–Crippen MR) is 54.3 cm³/mol. The van der Waals surface area contributed by atoms with Crippen LogP contribution in [0, 0.1) is 6.92 Å². The first kappa shape index (κ1) is 10.5. The molecule has 0 atom stereocenters. The summed E-state index contributed by atoms with van der Waals surface area (Å²) in [5, 5.41) is 0. The average Bonchev–Trinajstić information content (AvgIpc) is 2.17. The van der Waals surface area contributed by atoms with E-state index in [1.165, 1.54) is 7.11 Å². The van der Waals surface area contributed by atoms with Gasteiger partial charge in [-0.1, -0.05) is 0 Å². The molecule has 0 aliphatic heterocycles. The number of pyridine rings is 1. The van der Waals surface area contributed by atoms with Gasteiger partial charge in [0, 0.05) is 24.6 Å². The number of likely N-dealkylation sites (N-methyl/N-ethyl adjacent to an activating group) is 1. The molecular weight excluding hydrogens is 180 g/mol. The van der Waals surface area contributed by atoms with E-state index in [2.05, 4.69) is 9.72 Å². The number of carbonyl (C=O) groups is 1. The van der Waals surface area contributed by atoms with Crippen LogP contribution in [0.3, 0.4) is 0 Å². The third-order valence-corrected chi connectivity index (χ3v) is 1.91. The molecule has 0 spiro atoms. The second-order valence-electron chi connectivity index (χ2n) is 3.09. The van der Waals surface area contributed by atoms with Crippen molar-refractivity contribution in [1.29, 1.82) is 0 Å². The van der Waals surface area contributed by atoms with Crippen LogP contribution in [0.1, 0.15) is 5.69 Å². The van der Waals surface area contributed by atoms with E-state index in [9.17, 15) is 4.79 Å². The van der Waals surface area contributed by atoms with Crippen molar-refractivity contribution in [2.75, 3.05) is 25.6 Å². The van der Waals surface area contributed by atoms with Gasteiger partial charge in [-0.3, -0.25) is 9.78 Å². The van der Waals surface area contributed by atoms with Crippen molar-refractivity contribution in [2.24, 2.45) is 0 Å². The largest absolute Gasteiger partial charge is 0.468 e. The molecule has 4 nitrogen and oxygen atoms in total. The van der Waals surface area contributed by atoms with Gasteiger partial charge in [0.25, 0.3) is 0 Å². The quantitative estimate of drug-likeness (QED) is 0.673. The summed E-state index contributed by atoms with van der Waals surface area (Å²) in [6.45, 7) is 2.16. The maximum Gasteiger partial charge on any atom is 0.325 e. The van der Waals surface area contributed by atoms with Gasteiger partial charge in [0.15, 0.2) is 0 Å². The second-order valence-corrected chi connectivity index (χ2v) is 3.09. The fourth-order valence-electron chi connectivity index (χ4n) is 1.12. The van der Waals surface area contributed by atoms with E-state index in [-0.39, 0.29) is 12.5 Å². The van der Waals surface area contributed by atoms with Gasteiger partial charge in [-0.2, -0.15) is 0 Å². The van der Waals surface area contributed by atoms with Gasteiger partial charge < -0.3 is 9.64 Å². The molecule has 0 bridgehead atoms. The molecule has 0 aliphatic rings. The van der Waals surface area contributed by atoms with Crippen molar-refractivity contribution in [3.63, 3.8) is 0 Å². The van der Waals surface area contributed by atoms with E-state index in [4.69, 9.17) is 0 Å². The molecule has 1 aromatic heterocycles. The van der Waals surface area contributed by atoms with E-state index >= 15 is 0 Å². The molecule has 0 aliphatic carbocycles. The number of hydrogen-bond donors (Lipinski definition) is 0. The lowest BCUT2D eigenvalue weighted by Crippen LogP contribution is -2.26. The Morgan fingerprint density at radius 3 is 2.93 bits per heavy atom. The van der Waals surface area contributed by atoms with Crippen LogP contribution in [0.2, 0.25) is 0 Å². The Bertz CT molecular complexity index is 326. The molecule has 14 heavy (non-hydrogen) atoms. The van der Waals surface area contributed by atoms with Gasteiger partial charge in [0.2, 0.25) is 0 Å². The van der Waals surface area contributed by atoms with Gasteiger partial charge in [0.1, 0.15) is 6.54 Å². The normalized spacial score (nSPS) is 9.64. The van der Waals surface area contributed by atoms with Crippen LogP contribution in [0.4, 0.5) is 5.69 Å². The van der Waals surface area contributed by atoms with Crippen LogP contribution in [-0.2, 0) is 9.53 Å². The molecule has 0 amide bonds. The first-order valence-corrected chi connectivity index (χ1v) is 4.34. The maximum absolute atomic E-state index is 11.0. The van der Waals surface area contributed by atoms with Crippen molar-refractivity contribution >= 4 is 11.7 Å². The molecule has 0 saturated carbocycles. The molecule has 0 radical (unpaired) electrons. The first-order valence-electron chi connectivity index (χ1n) is 4.34. The highest BCUT2D eigenvalue weighted by Gasteiger charge is 2.06. The summed E-state index contributed by atoms with van der Waals surface area (Å²) in [5.41, 5.74) is 1.89. The highest BCUT2D eigenvalue weighted by molar-refractivity contribution is 5.75. The van der Waals surface area contributed by atoms with Gasteiger partial charge in [0.05, 0.1) is 7.11 Å². The fraction of sp³-hybridized carbons (Fsp3) is 0.400. The molecule has 1 heterocycles. The van der Waals surface area contributed by atoms with E-state index in [1.807, 2.05) is 31.0 Å². The van der Waals surface area contributed by atoms with Crippen LogP contribution < -0.4 is 4.90 Å². The first-order chi connectivity index (χ1) is 6.63. The number of anilines is 1. The standard InChI is InChI=1S/C10H14N2O2/c1-8-6-9(4-5-11-8)12(2)7-10(13)14-3/h4-6H,7H2,1-3H3. The number of ether oxygens (including phenoxy) is 1. The molecule has 1 rings (SSSR count). The van der Waals surface area contributed by atoms with E-state index in [0.29, 0.717) is 0 Å². The molecule has 0 unspecified atom stereocenters. The van der Waals surface area contributed by atoms with E-state index in [1.54, 1.807) is 6.20 Å². The molecule has 0 saturated heterocycles. The maximum atomic E-state index is 11.0. The predicted octanol–water partition coefficient (Wildman–Crippen LogP) is 0.999. The van der Waals surface area contributed by atoms with E-state index in [0.717, 1.165) is 11.4 Å². The lowest BCUT2D eigenvalue weighted by Gasteiger charge is -2.17. The average molecular weight is 194 g/mol. The molecular formula is C10H14N2O2. The zero-order valence-corrected chi connectivity index (χ0v) is 8.65. The smallest absolute Gasteiger partial charge is 0.325 e. The van der Waals surface area contributed by atoms with Gasteiger partial charge >= 0.3 is 5.97 Å². The number of carbonyl (C=O) groups excluding carboxylic acids is 1. The van der Waals surface area contributed by atoms with Crippen LogP contribution in [-0.4, -0.2) is 31.7 Å². The molecule has 4 heteroatoms. The minimum atomic E-state index is -0.248. The summed E-state index contributed by atoms with van der Waals surface area (Å²) < 4.78 is 4.58. The topological polar surface area (TPSA) is 42.4 Å². The summed E-state index contributed by atoms with van der Waals surface area (Å²) in [6.07, 6.45) is 1.72. The number of methoxy groups -OCH3 is 1. The van der Waals surface area contributed by atoms with Gasteiger partial charge in [-0.05, 0) is 19.1 Å². The van der Waals surface area contributed by atoms with Gasteiger partial charge in [-0.15, -0.1) is 0 Å². The van der Waals surface area contributed by atoms with Crippen molar-refractivity contribution < 1.29 is 9.53 Å². The third kappa shape index (κ3) is 2.73. The van der Waals surface area contributed by atoms with Crippen LogP contribution in [0.15, 0.2) is 18.3 Å². The summed E-state index contributed by atoms with van der Waals surface area (Å²) in [7, 11) is 3.22. The third-order valence-electron chi connectivity index (χ3n) is 1.91. The fourth-order valence-corrected chi connectivity index (χ4v) is 1.12. The molecule has 0 N–H and O–H groups in total. The lowest BCUT2D eigenvalue weighted by atomic mass is 10.3. The minimum absolute atomic E-state index is 0.248. The Balaban J connectivity index is 2.69. The SMILES string of the molecule is COC(=O)CN(C)c1ccnc(C)c1. The number of hydrogen-bond acceptors (Lipinski definition) is 4. The van der Waals surface area contributed by atoms with Crippen LogP contribution >= 0.6 is 0 Å². The summed E-state index contributed by atoms with van der Waals surface area (Å²) in [5.74, 6) is -0.248. The highest BCUT2D eigenvalue weighted by Crippen LogP contribution is 2.11. The Labute approximate surface area is 83.5 Å². The zero-order chi connectivity index (χ0) is 10.6. The molecule has 76 valence electrons. The molecule has 0 aromatic carbocycles. The van der Waals surface area contributed by atoms with Crippen LogP contribution in [0.25, 0.3) is 0 Å². The Kier molecular flexibility index (Phi) is 3.45. The molecule has 0 fully saturated rings. The second kappa shape index (κ2) is 4.60. The summed E-state index contributed by atoms with van der Waals surface area (Å²) in [4.78, 5) is 16.9. The van der Waals surface area contributed by atoms with Crippen LogP contribution in [0.5, 0.6) is 0 Å². The number of aryl methyl sites for hydroxylation is 1.